The summed E-state index contributed by atoms with van der Waals surface area (Å²) in [5, 5.41) is 9.08. The number of aliphatic hydroxyl groups excluding tert-OH is 1. The van der Waals surface area contributed by atoms with Gasteiger partial charge in [0.15, 0.2) is 0 Å². The molecule has 0 radical (unpaired) electrons. The summed E-state index contributed by atoms with van der Waals surface area (Å²) in [6.45, 7) is 7.33. The highest BCUT2D eigenvalue weighted by Gasteiger charge is 2.20. The zero-order valence-corrected chi connectivity index (χ0v) is 10.2. The monoisotopic (exact) mass is 225 g/mol. The average molecular weight is 225 g/mol. The third-order valence-electron chi connectivity index (χ3n) is 2.15. The summed E-state index contributed by atoms with van der Waals surface area (Å²) in [7, 11) is 0. The van der Waals surface area contributed by atoms with Crippen molar-refractivity contribution in [3.8, 4) is 0 Å². The zero-order chi connectivity index (χ0) is 12.3. The van der Waals surface area contributed by atoms with Gasteiger partial charge in [-0.3, -0.25) is 4.57 Å². The highest BCUT2D eigenvalue weighted by atomic mass is 16.6. The molecule has 1 rings (SSSR count). The molecular weight excluding hydrogens is 206 g/mol. The van der Waals surface area contributed by atoms with Crippen LogP contribution >= 0.6 is 0 Å². The molecule has 1 N–H and O–H groups in total. The van der Waals surface area contributed by atoms with Gasteiger partial charge in [0.1, 0.15) is 5.60 Å². The first-order chi connectivity index (χ1) is 7.35. The molecule has 4 nitrogen and oxygen atoms in total. The van der Waals surface area contributed by atoms with Gasteiger partial charge in [-0.25, -0.2) is 4.79 Å². The first-order valence-corrected chi connectivity index (χ1v) is 5.36. The van der Waals surface area contributed by atoms with Crippen molar-refractivity contribution in [2.45, 2.75) is 39.2 Å². The number of hydrogen-bond donors (Lipinski definition) is 1. The van der Waals surface area contributed by atoms with Gasteiger partial charge in [-0.1, -0.05) is 6.92 Å². The zero-order valence-electron chi connectivity index (χ0n) is 10.2. The van der Waals surface area contributed by atoms with E-state index in [4.69, 9.17) is 9.84 Å². The molecule has 0 aliphatic rings. The Labute approximate surface area is 95.8 Å². The maximum absolute atomic E-state index is 11.8. The minimum absolute atomic E-state index is 0.00676. The van der Waals surface area contributed by atoms with Crippen molar-refractivity contribution in [1.29, 1.82) is 0 Å². The van der Waals surface area contributed by atoms with Gasteiger partial charge in [0.25, 0.3) is 0 Å². The number of rotatable bonds is 2. The minimum atomic E-state index is -0.513. The summed E-state index contributed by atoms with van der Waals surface area (Å²) in [5.74, 6) is -0.0810. The molecule has 4 heteroatoms. The van der Waals surface area contributed by atoms with Crippen molar-refractivity contribution in [3.63, 3.8) is 0 Å². The maximum Gasteiger partial charge on any atom is 0.418 e. The van der Waals surface area contributed by atoms with E-state index < -0.39 is 11.7 Å². The Balaban J connectivity index is 2.88. The normalized spacial score (nSPS) is 13.6. The lowest BCUT2D eigenvalue weighted by atomic mass is 10.1. The average Bonchev–Trinajstić information content (AvgIpc) is 2.62. The van der Waals surface area contributed by atoms with Gasteiger partial charge >= 0.3 is 6.09 Å². The van der Waals surface area contributed by atoms with E-state index in [1.165, 1.54) is 4.57 Å². The molecule has 90 valence electrons. The van der Waals surface area contributed by atoms with Crippen LogP contribution in [-0.4, -0.2) is 28.0 Å². The number of hydrogen-bond acceptors (Lipinski definition) is 3. The van der Waals surface area contributed by atoms with E-state index in [0.717, 1.165) is 5.69 Å². The van der Waals surface area contributed by atoms with Crippen LogP contribution in [-0.2, 0) is 4.74 Å². The first-order valence-electron chi connectivity index (χ1n) is 5.36. The Kier molecular flexibility index (Phi) is 3.75. The highest BCUT2D eigenvalue weighted by Crippen LogP contribution is 2.17. The van der Waals surface area contributed by atoms with Gasteiger partial charge in [-0.15, -0.1) is 0 Å². The van der Waals surface area contributed by atoms with E-state index in [1.54, 1.807) is 12.3 Å². The lowest BCUT2D eigenvalue weighted by Crippen LogP contribution is -2.28. The molecule has 0 aliphatic heterocycles. The summed E-state index contributed by atoms with van der Waals surface area (Å²) >= 11 is 0. The Hall–Kier alpha value is -1.29. The second kappa shape index (κ2) is 4.70. The lowest BCUT2D eigenvalue weighted by molar-refractivity contribution is 0.0530. The van der Waals surface area contributed by atoms with E-state index in [2.05, 4.69) is 0 Å². The van der Waals surface area contributed by atoms with Crippen molar-refractivity contribution in [1.82, 2.24) is 4.57 Å². The molecule has 1 aromatic rings. The van der Waals surface area contributed by atoms with E-state index in [-0.39, 0.29) is 12.5 Å². The van der Waals surface area contributed by atoms with Gasteiger partial charge in [0.2, 0.25) is 0 Å². The molecular formula is C12H19NO3. The Morgan fingerprint density at radius 2 is 2.19 bits per heavy atom. The second-order valence-electron chi connectivity index (χ2n) is 4.87. The van der Waals surface area contributed by atoms with Crippen LogP contribution in [0.4, 0.5) is 4.79 Å². The Morgan fingerprint density at radius 3 is 2.69 bits per heavy atom. The third-order valence-corrected chi connectivity index (χ3v) is 2.15. The number of carbonyl (C=O) groups is 1. The van der Waals surface area contributed by atoms with Crippen molar-refractivity contribution < 1.29 is 14.6 Å². The number of nitrogens with zero attached hydrogens (tertiary/aromatic N) is 1. The summed E-state index contributed by atoms with van der Waals surface area (Å²) in [4.78, 5) is 11.8. The second-order valence-corrected chi connectivity index (χ2v) is 4.87. The Bertz CT molecular complexity index is 363. The number of ether oxygens (including phenoxy) is 1. The van der Waals surface area contributed by atoms with E-state index in [0.29, 0.717) is 0 Å². The van der Waals surface area contributed by atoms with Gasteiger partial charge in [-0.2, -0.15) is 0 Å². The third kappa shape index (κ3) is 3.10. The molecule has 0 amide bonds. The van der Waals surface area contributed by atoms with E-state index >= 15 is 0 Å². The fourth-order valence-electron chi connectivity index (χ4n) is 1.37. The fourth-order valence-corrected chi connectivity index (χ4v) is 1.37. The van der Waals surface area contributed by atoms with Crippen LogP contribution in [0, 0.1) is 0 Å². The molecule has 1 atom stereocenters. The number of aromatic nitrogens is 1. The van der Waals surface area contributed by atoms with Crippen molar-refractivity contribution in [2.24, 2.45) is 0 Å². The fraction of sp³-hybridized carbons (Fsp3) is 0.583. The van der Waals surface area contributed by atoms with Crippen molar-refractivity contribution in [3.05, 3.63) is 24.0 Å². The lowest BCUT2D eigenvalue weighted by Gasteiger charge is -2.21. The summed E-state index contributed by atoms with van der Waals surface area (Å²) < 4.78 is 6.70. The van der Waals surface area contributed by atoms with Crippen molar-refractivity contribution >= 4 is 6.09 Å². The number of carbonyl (C=O) groups excluding carboxylic acids is 1. The molecule has 16 heavy (non-hydrogen) atoms. The van der Waals surface area contributed by atoms with Gasteiger partial charge in [0.05, 0.1) is 6.61 Å². The molecule has 0 spiro atoms. The van der Waals surface area contributed by atoms with Crippen LogP contribution in [0.25, 0.3) is 0 Å². The highest BCUT2D eigenvalue weighted by molar-refractivity contribution is 5.72. The molecule has 1 aromatic heterocycles. The molecule has 1 heterocycles. The predicted molar refractivity (Wildman–Crippen MR) is 61.6 cm³/mol. The van der Waals surface area contributed by atoms with Gasteiger partial charge in [0, 0.05) is 17.8 Å². The van der Waals surface area contributed by atoms with Crippen LogP contribution in [0.1, 0.15) is 39.3 Å². The minimum Gasteiger partial charge on any atom is -0.443 e. The maximum atomic E-state index is 11.8. The molecule has 0 saturated carbocycles. The smallest absolute Gasteiger partial charge is 0.418 e. The summed E-state index contributed by atoms with van der Waals surface area (Å²) in [6.07, 6.45) is 1.24. The molecule has 0 saturated heterocycles. The molecule has 0 bridgehead atoms. The van der Waals surface area contributed by atoms with Crippen molar-refractivity contribution in [2.75, 3.05) is 6.61 Å². The topological polar surface area (TPSA) is 51.5 Å². The van der Waals surface area contributed by atoms with Crippen LogP contribution < -0.4 is 0 Å². The largest absolute Gasteiger partial charge is 0.443 e. The summed E-state index contributed by atoms with van der Waals surface area (Å²) in [6, 6.07) is 3.58. The van der Waals surface area contributed by atoms with E-state index in [9.17, 15) is 4.79 Å². The van der Waals surface area contributed by atoms with Crippen LogP contribution in [0.5, 0.6) is 0 Å². The first kappa shape index (κ1) is 12.8. The molecule has 0 fully saturated rings. The number of aliphatic hydroxyl groups is 1. The SMILES string of the molecule is CC(CO)c1cccn1C(=O)OC(C)(C)C. The summed E-state index contributed by atoms with van der Waals surface area (Å²) in [5.41, 5.74) is 0.248. The van der Waals surface area contributed by atoms with Crippen LogP contribution in [0.2, 0.25) is 0 Å². The van der Waals surface area contributed by atoms with Crippen LogP contribution in [0.15, 0.2) is 18.3 Å². The molecule has 1 unspecified atom stereocenters. The molecule has 0 aliphatic carbocycles. The standard InChI is InChI=1S/C12H19NO3/c1-9(8-14)10-6-5-7-13(10)11(15)16-12(2,3)4/h5-7,9,14H,8H2,1-4H3. The Morgan fingerprint density at radius 1 is 1.56 bits per heavy atom. The van der Waals surface area contributed by atoms with E-state index in [1.807, 2.05) is 33.8 Å². The van der Waals surface area contributed by atoms with Gasteiger partial charge < -0.3 is 9.84 Å². The van der Waals surface area contributed by atoms with Gasteiger partial charge in [-0.05, 0) is 32.9 Å². The van der Waals surface area contributed by atoms with Crippen LogP contribution in [0.3, 0.4) is 0 Å². The predicted octanol–water partition coefficient (Wildman–Crippen LogP) is 2.37. The quantitative estimate of drug-likeness (QED) is 0.840. The molecule has 0 aromatic carbocycles.